The van der Waals surface area contributed by atoms with Crippen LogP contribution < -0.4 is 9.47 Å². The van der Waals surface area contributed by atoms with Crippen LogP contribution in [0.4, 0.5) is 0 Å². The van der Waals surface area contributed by atoms with E-state index in [4.69, 9.17) is 18.9 Å². The van der Waals surface area contributed by atoms with E-state index < -0.39 is 11.9 Å². The average Bonchev–Trinajstić information content (AvgIpc) is 2.88. The molecule has 0 heterocycles. The van der Waals surface area contributed by atoms with Crippen LogP contribution in [0.5, 0.6) is 11.5 Å². The van der Waals surface area contributed by atoms with Crippen LogP contribution in [-0.4, -0.2) is 37.4 Å². The molecule has 1 aliphatic rings. The van der Waals surface area contributed by atoms with Crippen molar-refractivity contribution < 1.29 is 28.5 Å². The minimum absolute atomic E-state index is 0.242. The van der Waals surface area contributed by atoms with Crippen molar-refractivity contribution in [1.29, 1.82) is 0 Å². The van der Waals surface area contributed by atoms with Crippen LogP contribution in [0.3, 0.4) is 0 Å². The second-order valence-electron chi connectivity index (χ2n) is 8.01. The molecular weight excluding hydrogens is 432 g/mol. The molecule has 6 nitrogen and oxygen atoms in total. The first-order valence-electron chi connectivity index (χ1n) is 11.6. The summed E-state index contributed by atoms with van der Waals surface area (Å²) in [6.07, 6.45) is 8.47. The summed E-state index contributed by atoms with van der Waals surface area (Å²) < 4.78 is 23.4. The van der Waals surface area contributed by atoms with E-state index in [1.807, 2.05) is 38.1 Å². The van der Waals surface area contributed by atoms with Crippen LogP contribution in [0.25, 0.3) is 10.8 Å². The first kappa shape index (κ1) is 25.1. The number of benzene rings is 2. The number of carbonyl (C=O) groups excluding carboxylic acids is 2. The molecule has 0 N–H and O–H groups in total. The van der Waals surface area contributed by atoms with Crippen LogP contribution >= 0.6 is 0 Å². The average molecular weight is 465 g/mol. The minimum atomic E-state index is -0.461. The number of hydrogen-bond donors (Lipinski definition) is 0. The van der Waals surface area contributed by atoms with Crippen molar-refractivity contribution in [2.24, 2.45) is 0 Å². The number of rotatable bonds is 12. The Labute approximate surface area is 200 Å². The van der Waals surface area contributed by atoms with E-state index in [9.17, 15) is 9.59 Å². The van der Waals surface area contributed by atoms with Crippen LogP contribution in [0.2, 0.25) is 0 Å². The summed E-state index contributed by atoms with van der Waals surface area (Å²) in [5.74, 6) is 0.634. The van der Waals surface area contributed by atoms with Crippen molar-refractivity contribution >= 4 is 22.7 Å². The monoisotopic (exact) mass is 464 g/mol. The van der Waals surface area contributed by atoms with Gasteiger partial charge in [0.05, 0.1) is 0 Å². The van der Waals surface area contributed by atoms with Gasteiger partial charge in [0.15, 0.2) is 0 Å². The zero-order valence-electron chi connectivity index (χ0n) is 19.9. The normalized spacial score (nSPS) is 13.9. The van der Waals surface area contributed by atoms with Gasteiger partial charge in [-0.3, -0.25) is 0 Å². The van der Waals surface area contributed by atoms with E-state index in [1.165, 1.54) is 0 Å². The Morgan fingerprint density at radius 3 is 1.59 bits per heavy atom. The Balaban J connectivity index is 1.95. The van der Waals surface area contributed by atoms with Gasteiger partial charge in [-0.1, -0.05) is 63.4 Å². The van der Waals surface area contributed by atoms with Gasteiger partial charge >= 0.3 is 11.9 Å². The molecule has 3 rings (SSSR count). The zero-order chi connectivity index (χ0) is 24.5. The van der Waals surface area contributed by atoms with Crippen molar-refractivity contribution in [2.45, 2.75) is 51.7 Å². The number of allylic oxidation sites excluding steroid dienone is 2. The number of fused-ring (bicyclic) bond motifs is 2. The Morgan fingerprint density at radius 2 is 1.24 bits per heavy atom. The highest BCUT2D eigenvalue weighted by Gasteiger charge is 2.24. The standard InChI is InChI=1S/C28H32O6/c1-5-19(33-25(29)7-3)17-31-27-21-13-9-11-15-23(21)28(24-16-12-10-14-22(24)27)32-18-20(6-2)34-26(30)8-4/h7-13,15,19-20H,3-6,14,16-18H2,1-2H3. The maximum atomic E-state index is 11.7. The molecule has 0 bridgehead atoms. The maximum Gasteiger partial charge on any atom is 0.330 e. The van der Waals surface area contributed by atoms with Crippen molar-refractivity contribution in [1.82, 2.24) is 0 Å². The third-order valence-electron chi connectivity index (χ3n) is 5.78. The molecule has 180 valence electrons. The van der Waals surface area contributed by atoms with Crippen molar-refractivity contribution in [3.63, 3.8) is 0 Å². The Bertz CT molecular complexity index is 999. The van der Waals surface area contributed by atoms with Crippen molar-refractivity contribution in [3.05, 3.63) is 72.9 Å². The van der Waals surface area contributed by atoms with E-state index >= 15 is 0 Å². The van der Waals surface area contributed by atoms with Gasteiger partial charge in [-0.15, -0.1) is 0 Å². The molecule has 2 atom stereocenters. The summed E-state index contributed by atoms with van der Waals surface area (Å²) in [5.41, 5.74) is 2.11. The number of esters is 2. The summed E-state index contributed by atoms with van der Waals surface area (Å²) in [6.45, 7) is 11.3. The highest BCUT2D eigenvalue weighted by molar-refractivity contribution is 5.96. The van der Waals surface area contributed by atoms with E-state index in [1.54, 1.807) is 0 Å². The molecule has 0 spiro atoms. The Hall–Kier alpha value is -3.54. The maximum absolute atomic E-state index is 11.7. The topological polar surface area (TPSA) is 71.1 Å². The van der Waals surface area contributed by atoms with Gasteiger partial charge in [0, 0.05) is 34.1 Å². The molecule has 0 saturated heterocycles. The summed E-state index contributed by atoms with van der Waals surface area (Å²) in [4.78, 5) is 23.3. The second kappa shape index (κ2) is 12.1. The summed E-state index contributed by atoms with van der Waals surface area (Å²) in [6, 6.07) is 7.92. The minimum Gasteiger partial charge on any atom is -0.489 e. The molecule has 1 aliphatic carbocycles. The third kappa shape index (κ3) is 5.87. The lowest BCUT2D eigenvalue weighted by atomic mass is 9.90. The molecule has 0 saturated carbocycles. The molecule has 2 aromatic rings. The molecule has 0 aromatic heterocycles. The van der Waals surface area contributed by atoms with Crippen molar-refractivity contribution in [2.75, 3.05) is 13.2 Å². The molecule has 0 fully saturated rings. The number of carbonyl (C=O) groups is 2. The van der Waals surface area contributed by atoms with Crippen LogP contribution in [-0.2, 0) is 31.9 Å². The van der Waals surface area contributed by atoms with E-state index in [0.29, 0.717) is 25.7 Å². The third-order valence-corrected chi connectivity index (χ3v) is 5.78. The lowest BCUT2D eigenvalue weighted by Crippen LogP contribution is -2.25. The Morgan fingerprint density at radius 1 is 0.824 bits per heavy atom. The molecule has 0 aliphatic heterocycles. The molecule has 34 heavy (non-hydrogen) atoms. The predicted octanol–water partition coefficient (Wildman–Crippen LogP) is 5.27. The fourth-order valence-corrected chi connectivity index (χ4v) is 3.89. The highest BCUT2D eigenvalue weighted by Crippen LogP contribution is 2.43. The fraction of sp³-hybridized carbons (Fsp3) is 0.357. The van der Waals surface area contributed by atoms with Crippen LogP contribution in [0.1, 0.15) is 37.8 Å². The van der Waals surface area contributed by atoms with E-state index in [-0.39, 0.29) is 25.4 Å². The SMILES string of the molecule is C=CC(=O)OC(CC)COc1c2c(c(OCC(CC)OC(=O)C=C)c3ccccc13)CC=CC2. The summed E-state index contributed by atoms with van der Waals surface area (Å²) in [5, 5.41) is 1.85. The molecular formula is C28H32O6. The molecule has 2 aromatic carbocycles. The van der Waals surface area contributed by atoms with E-state index in [0.717, 1.165) is 45.6 Å². The van der Waals surface area contributed by atoms with Gasteiger partial charge in [0.1, 0.15) is 36.9 Å². The molecule has 2 unspecified atom stereocenters. The van der Waals surface area contributed by atoms with Gasteiger partial charge in [0.2, 0.25) is 0 Å². The number of ether oxygens (including phenoxy) is 4. The first-order valence-corrected chi connectivity index (χ1v) is 11.6. The zero-order valence-corrected chi connectivity index (χ0v) is 19.9. The van der Waals surface area contributed by atoms with Crippen molar-refractivity contribution in [3.8, 4) is 11.5 Å². The lowest BCUT2D eigenvalue weighted by Gasteiger charge is -2.25. The van der Waals surface area contributed by atoms with Gasteiger partial charge in [-0.25, -0.2) is 9.59 Å². The molecule has 6 heteroatoms. The second-order valence-corrected chi connectivity index (χ2v) is 8.01. The predicted molar refractivity (Wildman–Crippen MR) is 132 cm³/mol. The summed E-state index contributed by atoms with van der Waals surface area (Å²) in [7, 11) is 0. The van der Waals surface area contributed by atoms with Gasteiger partial charge < -0.3 is 18.9 Å². The highest BCUT2D eigenvalue weighted by atomic mass is 16.6. The van der Waals surface area contributed by atoms with Crippen LogP contribution in [0, 0.1) is 0 Å². The largest absolute Gasteiger partial charge is 0.489 e. The van der Waals surface area contributed by atoms with E-state index in [2.05, 4.69) is 25.3 Å². The molecule has 0 radical (unpaired) electrons. The van der Waals surface area contributed by atoms with Gasteiger partial charge in [-0.2, -0.15) is 0 Å². The Kier molecular flexibility index (Phi) is 8.91. The smallest absolute Gasteiger partial charge is 0.330 e. The summed E-state index contributed by atoms with van der Waals surface area (Å²) >= 11 is 0. The molecule has 0 amide bonds. The first-order chi connectivity index (χ1) is 16.5. The van der Waals surface area contributed by atoms with Crippen LogP contribution in [0.15, 0.2) is 61.7 Å². The van der Waals surface area contributed by atoms with Gasteiger partial charge in [-0.05, 0) is 25.7 Å². The quantitative estimate of drug-likeness (QED) is 0.242. The fourth-order valence-electron chi connectivity index (χ4n) is 3.89. The number of hydrogen-bond acceptors (Lipinski definition) is 6. The lowest BCUT2D eigenvalue weighted by molar-refractivity contribution is -0.145. The van der Waals surface area contributed by atoms with Gasteiger partial charge in [0.25, 0.3) is 0 Å².